The number of hydrogen-bond donors (Lipinski definition) is 0. The molecular formula is C12H12BrNO3. The highest BCUT2D eigenvalue weighted by atomic mass is 79.9. The summed E-state index contributed by atoms with van der Waals surface area (Å²) in [7, 11) is 0. The number of amides is 1. The lowest BCUT2D eigenvalue weighted by atomic mass is 10.2. The summed E-state index contributed by atoms with van der Waals surface area (Å²) < 4.78 is 11.4. The predicted molar refractivity (Wildman–Crippen MR) is 65.4 cm³/mol. The normalized spacial score (nSPS) is 17.6. The Morgan fingerprint density at radius 1 is 1.24 bits per heavy atom. The fourth-order valence-corrected chi connectivity index (χ4v) is 2.75. The molecule has 1 aromatic rings. The first-order valence-corrected chi connectivity index (χ1v) is 6.43. The number of nitrogens with zero attached hydrogens (tertiary/aromatic N) is 1. The Balaban J connectivity index is 1.93. The van der Waals surface area contributed by atoms with Gasteiger partial charge in [0, 0.05) is 18.7 Å². The van der Waals surface area contributed by atoms with E-state index in [1.54, 1.807) is 12.1 Å². The van der Waals surface area contributed by atoms with Gasteiger partial charge in [0.15, 0.2) is 11.5 Å². The van der Waals surface area contributed by atoms with Crippen LogP contribution < -0.4 is 9.47 Å². The second-order valence-electron chi connectivity index (χ2n) is 4.19. The van der Waals surface area contributed by atoms with Crippen molar-refractivity contribution in [3.8, 4) is 11.5 Å². The molecule has 0 aromatic heterocycles. The average molecular weight is 298 g/mol. The second-order valence-corrected chi connectivity index (χ2v) is 5.05. The van der Waals surface area contributed by atoms with Crippen molar-refractivity contribution >= 4 is 21.8 Å². The maximum absolute atomic E-state index is 12.2. The van der Waals surface area contributed by atoms with Gasteiger partial charge in [0.2, 0.25) is 6.79 Å². The lowest BCUT2D eigenvalue weighted by molar-refractivity contribution is 0.0792. The van der Waals surface area contributed by atoms with E-state index in [0.29, 0.717) is 17.1 Å². The van der Waals surface area contributed by atoms with E-state index in [-0.39, 0.29) is 12.7 Å². The van der Waals surface area contributed by atoms with Gasteiger partial charge in [-0.1, -0.05) is 0 Å². The van der Waals surface area contributed by atoms with E-state index in [1.165, 1.54) is 0 Å². The smallest absolute Gasteiger partial charge is 0.254 e. The fourth-order valence-electron chi connectivity index (χ4n) is 2.19. The Morgan fingerprint density at radius 3 is 2.76 bits per heavy atom. The van der Waals surface area contributed by atoms with Gasteiger partial charge in [0.05, 0.1) is 4.47 Å². The van der Waals surface area contributed by atoms with Crippen molar-refractivity contribution in [1.29, 1.82) is 0 Å². The van der Waals surface area contributed by atoms with Crippen LogP contribution in [0.4, 0.5) is 0 Å². The Labute approximate surface area is 108 Å². The number of hydrogen-bond acceptors (Lipinski definition) is 3. The summed E-state index contributed by atoms with van der Waals surface area (Å²) in [6, 6.07) is 3.56. The van der Waals surface area contributed by atoms with Crippen LogP contribution in [0, 0.1) is 0 Å². The zero-order chi connectivity index (χ0) is 11.8. The standard InChI is InChI=1S/C12H12BrNO3/c13-9-5-8(6-10-11(9)17-7-16-10)12(15)14-3-1-2-4-14/h5-6H,1-4,7H2. The third kappa shape index (κ3) is 1.88. The molecule has 2 aliphatic rings. The van der Waals surface area contributed by atoms with E-state index in [9.17, 15) is 4.79 Å². The molecule has 2 aliphatic heterocycles. The van der Waals surface area contributed by atoms with Gasteiger partial charge < -0.3 is 14.4 Å². The minimum Gasteiger partial charge on any atom is -0.454 e. The largest absolute Gasteiger partial charge is 0.454 e. The van der Waals surface area contributed by atoms with Crippen molar-refractivity contribution in [3.05, 3.63) is 22.2 Å². The molecule has 17 heavy (non-hydrogen) atoms. The lowest BCUT2D eigenvalue weighted by Crippen LogP contribution is -2.27. The highest BCUT2D eigenvalue weighted by Gasteiger charge is 2.24. The van der Waals surface area contributed by atoms with E-state index < -0.39 is 0 Å². The van der Waals surface area contributed by atoms with Crippen molar-refractivity contribution in [2.75, 3.05) is 19.9 Å². The summed E-state index contributed by atoms with van der Waals surface area (Å²) in [5.41, 5.74) is 0.656. The molecule has 0 spiro atoms. The minimum absolute atomic E-state index is 0.0708. The molecule has 1 aromatic carbocycles. The molecule has 90 valence electrons. The first-order valence-electron chi connectivity index (χ1n) is 5.64. The molecule has 0 bridgehead atoms. The number of halogens is 1. The van der Waals surface area contributed by atoms with Crippen LogP contribution in [0.15, 0.2) is 16.6 Å². The number of fused-ring (bicyclic) bond motifs is 1. The second kappa shape index (κ2) is 4.22. The third-order valence-electron chi connectivity index (χ3n) is 3.07. The van der Waals surface area contributed by atoms with E-state index in [4.69, 9.17) is 9.47 Å². The van der Waals surface area contributed by atoms with Crippen LogP contribution in [0.2, 0.25) is 0 Å². The molecule has 0 atom stereocenters. The van der Waals surface area contributed by atoms with Gasteiger partial charge >= 0.3 is 0 Å². The van der Waals surface area contributed by atoms with Gasteiger partial charge in [-0.2, -0.15) is 0 Å². The Hall–Kier alpha value is -1.23. The number of carbonyl (C=O) groups is 1. The van der Waals surface area contributed by atoms with Crippen LogP contribution in [0.1, 0.15) is 23.2 Å². The zero-order valence-electron chi connectivity index (χ0n) is 9.24. The fraction of sp³-hybridized carbons (Fsp3) is 0.417. The highest BCUT2D eigenvalue weighted by Crippen LogP contribution is 2.40. The number of carbonyl (C=O) groups excluding carboxylic acids is 1. The van der Waals surface area contributed by atoms with E-state index in [0.717, 1.165) is 30.4 Å². The summed E-state index contributed by atoms with van der Waals surface area (Å²) in [6.45, 7) is 1.92. The van der Waals surface area contributed by atoms with Crippen molar-refractivity contribution in [1.82, 2.24) is 4.90 Å². The lowest BCUT2D eigenvalue weighted by Gasteiger charge is -2.15. The minimum atomic E-state index is 0.0708. The van der Waals surface area contributed by atoms with Gasteiger partial charge in [-0.15, -0.1) is 0 Å². The van der Waals surface area contributed by atoms with Crippen LogP contribution >= 0.6 is 15.9 Å². The average Bonchev–Trinajstić information content (AvgIpc) is 2.98. The maximum Gasteiger partial charge on any atom is 0.254 e. The molecule has 5 heteroatoms. The number of ether oxygens (including phenoxy) is 2. The Kier molecular flexibility index (Phi) is 2.70. The molecule has 1 saturated heterocycles. The summed E-state index contributed by atoms with van der Waals surface area (Å²) in [6.07, 6.45) is 2.19. The third-order valence-corrected chi connectivity index (χ3v) is 3.66. The molecule has 4 nitrogen and oxygen atoms in total. The predicted octanol–water partition coefficient (Wildman–Crippen LogP) is 2.41. The van der Waals surface area contributed by atoms with Crippen LogP contribution in [-0.2, 0) is 0 Å². The van der Waals surface area contributed by atoms with Gasteiger partial charge in [-0.25, -0.2) is 0 Å². The SMILES string of the molecule is O=C(c1cc(Br)c2c(c1)OCO2)N1CCCC1. The molecular weight excluding hydrogens is 286 g/mol. The molecule has 0 N–H and O–H groups in total. The van der Waals surface area contributed by atoms with Gasteiger partial charge in [-0.3, -0.25) is 4.79 Å². The van der Waals surface area contributed by atoms with E-state index >= 15 is 0 Å². The van der Waals surface area contributed by atoms with E-state index in [2.05, 4.69) is 15.9 Å². The Bertz CT molecular complexity index is 469. The van der Waals surface area contributed by atoms with Gasteiger partial charge in [-0.05, 0) is 40.9 Å². The number of rotatable bonds is 1. The first kappa shape index (κ1) is 10.9. The molecule has 2 heterocycles. The van der Waals surface area contributed by atoms with Gasteiger partial charge in [0.25, 0.3) is 5.91 Å². The molecule has 3 rings (SSSR count). The van der Waals surface area contributed by atoms with Crippen molar-refractivity contribution in [2.24, 2.45) is 0 Å². The van der Waals surface area contributed by atoms with Gasteiger partial charge in [0.1, 0.15) is 0 Å². The monoisotopic (exact) mass is 297 g/mol. The van der Waals surface area contributed by atoms with Crippen LogP contribution in [0.3, 0.4) is 0 Å². The first-order chi connectivity index (χ1) is 8.25. The highest BCUT2D eigenvalue weighted by molar-refractivity contribution is 9.10. The number of benzene rings is 1. The van der Waals surface area contributed by atoms with Crippen molar-refractivity contribution < 1.29 is 14.3 Å². The molecule has 1 amide bonds. The summed E-state index contributed by atoms with van der Waals surface area (Å²) in [5, 5.41) is 0. The number of likely N-dealkylation sites (tertiary alicyclic amines) is 1. The summed E-state index contributed by atoms with van der Waals surface area (Å²) >= 11 is 3.40. The summed E-state index contributed by atoms with van der Waals surface area (Å²) in [4.78, 5) is 14.1. The van der Waals surface area contributed by atoms with Crippen LogP contribution in [0.5, 0.6) is 11.5 Å². The summed E-state index contributed by atoms with van der Waals surface area (Å²) in [5.74, 6) is 1.39. The van der Waals surface area contributed by atoms with Crippen molar-refractivity contribution in [3.63, 3.8) is 0 Å². The molecule has 0 saturated carbocycles. The van der Waals surface area contributed by atoms with E-state index in [1.807, 2.05) is 4.90 Å². The van der Waals surface area contributed by atoms with Crippen molar-refractivity contribution in [2.45, 2.75) is 12.8 Å². The Morgan fingerprint density at radius 2 is 2.00 bits per heavy atom. The quantitative estimate of drug-likeness (QED) is 0.799. The van der Waals surface area contributed by atoms with Crippen LogP contribution in [0.25, 0.3) is 0 Å². The zero-order valence-corrected chi connectivity index (χ0v) is 10.8. The molecule has 1 fully saturated rings. The molecule has 0 aliphatic carbocycles. The maximum atomic E-state index is 12.2. The van der Waals surface area contributed by atoms with Crippen LogP contribution in [-0.4, -0.2) is 30.7 Å². The molecule has 0 unspecified atom stereocenters. The molecule has 0 radical (unpaired) electrons. The topological polar surface area (TPSA) is 38.8 Å².